The Morgan fingerprint density at radius 1 is 0.900 bits per heavy atom. The molecule has 50 heavy (non-hydrogen) atoms. The van der Waals surface area contributed by atoms with Crippen molar-refractivity contribution in [2.75, 3.05) is 40.9 Å². The number of piperidine rings is 2. The van der Waals surface area contributed by atoms with E-state index in [0.29, 0.717) is 49.4 Å². The second-order valence-electron chi connectivity index (χ2n) is 15.4. The molecule has 2 aromatic carbocycles. The number of nitrogens with zero attached hydrogens (tertiary/aromatic N) is 4. The molecule has 0 radical (unpaired) electrons. The maximum absolute atomic E-state index is 15.0. The molecular formula is C39H50N4O7. The van der Waals surface area contributed by atoms with Gasteiger partial charge in [-0.15, -0.1) is 0 Å². The number of aliphatic hydroxyl groups excluding tert-OH is 1. The summed E-state index contributed by atoms with van der Waals surface area (Å²) in [6, 6.07) is 13.2. The molecule has 4 saturated heterocycles. The first-order valence-electron chi connectivity index (χ1n) is 18.4. The average molecular weight is 687 g/mol. The summed E-state index contributed by atoms with van der Waals surface area (Å²) in [5, 5.41) is 21.5. The van der Waals surface area contributed by atoms with Gasteiger partial charge in [-0.3, -0.25) is 19.2 Å². The Labute approximate surface area is 294 Å². The van der Waals surface area contributed by atoms with E-state index in [1.54, 1.807) is 28.5 Å². The van der Waals surface area contributed by atoms with Crippen molar-refractivity contribution < 1.29 is 34.1 Å². The van der Waals surface area contributed by atoms with E-state index in [4.69, 9.17) is 4.74 Å². The monoisotopic (exact) mass is 686 g/mol. The summed E-state index contributed by atoms with van der Waals surface area (Å²) >= 11 is 0. The minimum Gasteiger partial charge on any atom is -0.394 e. The topological polar surface area (TPSA) is 131 Å². The van der Waals surface area contributed by atoms with Crippen molar-refractivity contribution in [2.45, 2.75) is 108 Å². The highest BCUT2D eigenvalue weighted by molar-refractivity contribution is 6.08. The molecule has 5 aliphatic rings. The number of amides is 4. The normalized spacial score (nSPS) is 28.7. The van der Waals surface area contributed by atoms with E-state index in [0.717, 1.165) is 49.8 Å². The Morgan fingerprint density at radius 3 is 2.16 bits per heavy atom. The van der Waals surface area contributed by atoms with Gasteiger partial charge in [-0.1, -0.05) is 19.1 Å². The van der Waals surface area contributed by atoms with E-state index in [9.17, 15) is 24.6 Å². The maximum atomic E-state index is 15.0. The molecule has 0 saturated carbocycles. The van der Waals surface area contributed by atoms with Crippen LogP contribution < -0.4 is 14.7 Å². The Balaban J connectivity index is 1.26. The lowest BCUT2D eigenvalue weighted by Gasteiger charge is -2.34. The van der Waals surface area contributed by atoms with Crippen molar-refractivity contribution in [3.8, 4) is 0 Å². The fourth-order valence-electron chi connectivity index (χ4n) is 9.36. The summed E-state index contributed by atoms with van der Waals surface area (Å²) < 4.78 is 6.94. The van der Waals surface area contributed by atoms with Crippen molar-refractivity contribution >= 4 is 40.7 Å². The highest BCUT2D eigenvalue weighted by Crippen LogP contribution is 2.58. The zero-order valence-corrected chi connectivity index (χ0v) is 29.5. The molecule has 7 rings (SSSR count). The van der Waals surface area contributed by atoms with Crippen LogP contribution in [-0.4, -0.2) is 82.7 Å². The molecule has 0 unspecified atom stereocenters. The lowest BCUT2D eigenvalue weighted by atomic mass is 9.70. The second kappa shape index (κ2) is 13.4. The molecule has 1 spiro atoms. The van der Waals surface area contributed by atoms with Gasteiger partial charge in [0.1, 0.15) is 0 Å². The Kier molecular flexibility index (Phi) is 9.28. The number of anilines is 3. The van der Waals surface area contributed by atoms with Gasteiger partial charge in [0.25, 0.3) is 5.91 Å². The lowest BCUT2D eigenvalue weighted by molar-refractivity contribution is -0.150. The highest BCUT2D eigenvalue weighted by Gasteiger charge is 2.66. The molecule has 0 bridgehead atoms. The quantitative estimate of drug-likeness (QED) is 0.425. The Hall–Kier alpha value is -3.80. The van der Waals surface area contributed by atoms with Crippen LogP contribution in [0.5, 0.6) is 0 Å². The minimum absolute atomic E-state index is 0.0269. The summed E-state index contributed by atoms with van der Waals surface area (Å²) in [5.41, 5.74) is 0.953. The molecule has 5 aliphatic heterocycles. The van der Waals surface area contributed by atoms with Gasteiger partial charge in [0.05, 0.1) is 43.0 Å². The lowest BCUT2D eigenvalue weighted by Crippen LogP contribution is -2.46. The smallest absolute Gasteiger partial charge is 0.264 e. The Morgan fingerprint density at radius 2 is 1.54 bits per heavy atom. The third-order valence-electron chi connectivity index (χ3n) is 11.8. The number of likely N-dealkylation sites (tertiary alicyclic amines) is 1. The summed E-state index contributed by atoms with van der Waals surface area (Å²) in [7, 11) is 0. The van der Waals surface area contributed by atoms with E-state index in [1.165, 1.54) is 0 Å². The highest BCUT2D eigenvalue weighted by atomic mass is 16.5. The minimum atomic E-state index is -1.50. The number of hydrogen-bond donors (Lipinski definition) is 2. The summed E-state index contributed by atoms with van der Waals surface area (Å²) in [6.45, 7) is 7.32. The average Bonchev–Trinajstić information content (AvgIpc) is 3.76. The first-order chi connectivity index (χ1) is 23.9. The molecule has 268 valence electrons. The van der Waals surface area contributed by atoms with E-state index >= 15 is 4.79 Å². The zero-order chi connectivity index (χ0) is 35.4. The van der Waals surface area contributed by atoms with Gasteiger partial charge in [-0.05, 0) is 88.3 Å². The van der Waals surface area contributed by atoms with Gasteiger partial charge in [0.2, 0.25) is 17.7 Å². The number of hydrogen-bond acceptors (Lipinski definition) is 7. The number of aliphatic hydroxyl groups is 2. The molecule has 0 aromatic heterocycles. The number of carbonyl (C=O) groups excluding carboxylic acids is 4. The van der Waals surface area contributed by atoms with E-state index in [2.05, 4.69) is 0 Å². The molecule has 5 heterocycles. The first kappa shape index (κ1) is 34.6. The van der Waals surface area contributed by atoms with Gasteiger partial charge in [-0.25, -0.2) is 0 Å². The van der Waals surface area contributed by atoms with Crippen LogP contribution in [0.4, 0.5) is 17.1 Å². The van der Waals surface area contributed by atoms with Crippen LogP contribution in [0.1, 0.15) is 89.7 Å². The predicted octanol–water partition coefficient (Wildman–Crippen LogP) is 4.26. The second-order valence-corrected chi connectivity index (χ2v) is 15.4. The Bertz CT molecular complexity index is 1650. The predicted molar refractivity (Wildman–Crippen MR) is 188 cm³/mol. The third-order valence-corrected chi connectivity index (χ3v) is 11.8. The van der Waals surface area contributed by atoms with E-state index < -0.39 is 29.1 Å². The number of ether oxygens (including phenoxy) is 1. The van der Waals surface area contributed by atoms with Crippen LogP contribution in [0.2, 0.25) is 0 Å². The molecule has 11 heteroatoms. The molecule has 4 fully saturated rings. The van der Waals surface area contributed by atoms with E-state index in [1.807, 2.05) is 54.3 Å². The molecule has 0 aliphatic carbocycles. The largest absolute Gasteiger partial charge is 0.394 e. The standard InChI is InChI=1S/C39H50N4O7/c1-25-36(38(2,3)49)32(22-35(47)42-20-8-9-29(42)24-44)50-39(25)30-21-28(41-19-7-5-11-34(41)46)16-17-31(30)43(37(39)48)23-26-12-14-27(15-13-26)40-18-6-4-10-33(40)45/h12-17,21,25,29,32,36,44,49H,4-11,18-20,22-24H2,1-3H3/t25-,29+,32+,36-,39+/m1/s1. The molecule has 2 N–H and O–H groups in total. The molecule has 4 amide bonds. The third kappa shape index (κ3) is 5.90. The van der Waals surface area contributed by atoms with Crippen molar-refractivity contribution in [1.82, 2.24) is 4.90 Å². The van der Waals surface area contributed by atoms with Gasteiger partial charge < -0.3 is 34.5 Å². The number of benzene rings is 2. The summed E-state index contributed by atoms with van der Waals surface area (Å²) in [4.78, 5) is 61.4. The van der Waals surface area contributed by atoms with Crippen LogP contribution in [0.25, 0.3) is 0 Å². The van der Waals surface area contributed by atoms with Gasteiger partial charge in [0.15, 0.2) is 5.60 Å². The van der Waals surface area contributed by atoms with Crippen molar-refractivity contribution in [3.05, 3.63) is 53.6 Å². The van der Waals surface area contributed by atoms with Crippen LogP contribution in [0.15, 0.2) is 42.5 Å². The zero-order valence-electron chi connectivity index (χ0n) is 29.5. The number of rotatable bonds is 8. The van der Waals surface area contributed by atoms with Gasteiger partial charge in [0, 0.05) is 61.2 Å². The molecular weight excluding hydrogens is 636 g/mol. The molecule has 5 atom stereocenters. The van der Waals surface area contributed by atoms with Crippen LogP contribution in [0.3, 0.4) is 0 Å². The SMILES string of the molecule is C[C@@H]1[C@@H](C(C)(C)O)[C@H](CC(=O)N2CCC[C@H]2CO)O[C@@]12C(=O)N(Cc1ccc(N3CCCCC3=O)cc1)c1ccc(N3CCCCC3=O)cc12. The van der Waals surface area contributed by atoms with Crippen molar-refractivity contribution in [2.24, 2.45) is 11.8 Å². The fraction of sp³-hybridized carbons (Fsp3) is 0.590. The van der Waals surface area contributed by atoms with E-state index in [-0.39, 0.29) is 49.2 Å². The van der Waals surface area contributed by atoms with Crippen molar-refractivity contribution in [1.29, 1.82) is 0 Å². The van der Waals surface area contributed by atoms with Crippen LogP contribution in [0, 0.1) is 11.8 Å². The van der Waals surface area contributed by atoms with Crippen LogP contribution in [-0.2, 0) is 36.1 Å². The maximum Gasteiger partial charge on any atom is 0.264 e. The van der Waals surface area contributed by atoms with Gasteiger partial charge >= 0.3 is 0 Å². The number of fused-ring (bicyclic) bond motifs is 2. The number of carbonyl (C=O) groups is 4. The molecule has 11 nitrogen and oxygen atoms in total. The summed E-state index contributed by atoms with van der Waals surface area (Å²) in [6.07, 6.45) is 5.38. The van der Waals surface area contributed by atoms with Gasteiger partial charge in [-0.2, -0.15) is 0 Å². The molecule has 2 aromatic rings. The van der Waals surface area contributed by atoms with Crippen LogP contribution >= 0.6 is 0 Å². The first-order valence-corrected chi connectivity index (χ1v) is 18.4. The fourth-order valence-corrected chi connectivity index (χ4v) is 9.36. The van der Waals surface area contributed by atoms with Crippen molar-refractivity contribution in [3.63, 3.8) is 0 Å². The summed E-state index contributed by atoms with van der Waals surface area (Å²) in [5.74, 6) is -1.36.